The van der Waals surface area contributed by atoms with Crippen molar-refractivity contribution in [2.45, 2.75) is 52.6 Å². The van der Waals surface area contributed by atoms with Crippen LogP contribution in [0.3, 0.4) is 0 Å². The number of pyridine rings is 2. The number of ether oxygens (including phenoxy) is 2. The van der Waals surface area contributed by atoms with Crippen LogP contribution < -0.4 is 20.9 Å². The fourth-order valence-corrected chi connectivity index (χ4v) is 5.79. The van der Waals surface area contributed by atoms with Crippen LogP contribution >= 0.6 is 0 Å². The van der Waals surface area contributed by atoms with E-state index in [9.17, 15) is 10.5 Å². The van der Waals surface area contributed by atoms with E-state index in [2.05, 4.69) is 59.8 Å². The number of rotatable bonds is 10. The van der Waals surface area contributed by atoms with Gasteiger partial charge in [0, 0.05) is 35.0 Å². The zero-order valence-corrected chi connectivity index (χ0v) is 29.0. The van der Waals surface area contributed by atoms with Gasteiger partial charge in [-0.1, -0.05) is 27.7 Å². The second-order valence-corrected chi connectivity index (χ2v) is 12.8. The number of nitrogens with two attached hydrogens (primary N) is 2. The topological polar surface area (TPSA) is 196 Å². The first-order valence-electron chi connectivity index (χ1n) is 16.2. The minimum atomic E-state index is -0.212. The normalized spacial score (nSPS) is 12.3. The molecule has 0 fully saturated rings. The molecular weight excluding hydrogens is 632 g/mol. The smallest absolute Gasteiger partial charge is 0.181 e. The van der Waals surface area contributed by atoms with Crippen molar-refractivity contribution in [3.8, 4) is 46.3 Å². The van der Waals surface area contributed by atoms with Crippen LogP contribution in [0.15, 0.2) is 70.4 Å². The van der Waals surface area contributed by atoms with Crippen molar-refractivity contribution in [2.75, 3.05) is 14.2 Å². The summed E-state index contributed by atoms with van der Waals surface area (Å²) in [4.78, 5) is 17.2. The number of nitriles is 2. The highest BCUT2D eigenvalue weighted by molar-refractivity contribution is 5.92. The number of fused-ring (bicyclic) bond motifs is 2. The molecule has 0 aliphatic rings. The van der Waals surface area contributed by atoms with Gasteiger partial charge < -0.3 is 29.8 Å². The number of nitrogens with zero attached hydrogens (tertiary/aromatic N) is 6. The third-order valence-corrected chi connectivity index (χ3v) is 8.15. The van der Waals surface area contributed by atoms with Gasteiger partial charge in [-0.3, -0.25) is 9.97 Å². The maximum atomic E-state index is 9.59. The Morgan fingerprint density at radius 1 is 0.660 bits per heavy atom. The maximum Gasteiger partial charge on any atom is 0.181 e. The number of hydrogen-bond donors (Lipinski definition) is 2. The number of methoxy groups -OCH3 is 2. The molecule has 0 saturated carbocycles. The van der Waals surface area contributed by atoms with Crippen molar-refractivity contribution in [3.63, 3.8) is 0 Å². The third kappa shape index (κ3) is 7.73. The summed E-state index contributed by atoms with van der Waals surface area (Å²) in [6.45, 7) is 8.44. The van der Waals surface area contributed by atoms with E-state index < -0.39 is 0 Å². The molecule has 0 amide bonds. The Hall–Kier alpha value is -5.82. The predicted molar refractivity (Wildman–Crippen MR) is 190 cm³/mol. The van der Waals surface area contributed by atoms with Gasteiger partial charge in [0.1, 0.15) is 11.5 Å². The highest BCUT2D eigenvalue weighted by atomic mass is 16.5. The van der Waals surface area contributed by atoms with E-state index in [1.165, 1.54) is 12.8 Å². The number of hydrogen-bond acceptors (Lipinski definition) is 12. The SMILES string of the molecule is COc1cc2nc(C(N)CC(C)C)cc(C#N)c2cc1-c1cnco1.COc1cc2nc(C(N)CC(C)C)cc(C#N)c2cc1-c1cnco1. The summed E-state index contributed by atoms with van der Waals surface area (Å²) >= 11 is 0. The molecule has 256 valence electrons. The molecule has 0 saturated heterocycles. The van der Waals surface area contributed by atoms with E-state index in [0.717, 1.165) is 34.7 Å². The van der Waals surface area contributed by atoms with Crippen LogP contribution in [0.25, 0.3) is 44.5 Å². The standard InChI is InChI=1S/2C19H20N4O2/c2*1-11(2)4-15(21)17-5-12(8-20)13-6-14(19-9-22-10-25-19)18(24-3)7-16(13)23-17/h2*5-7,9-11,15H,4,21H2,1-3H3. The van der Waals surface area contributed by atoms with Crippen molar-refractivity contribution in [2.24, 2.45) is 23.3 Å². The Bertz CT molecular complexity index is 2010. The predicted octanol–water partition coefficient (Wildman–Crippen LogP) is 7.63. The fraction of sp³-hybridized carbons (Fsp3) is 0.316. The summed E-state index contributed by atoms with van der Waals surface area (Å²) < 4.78 is 21.7. The molecule has 12 heteroatoms. The molecule has 0 radical (unpaired) electrons. The minimum absolute atomic E-state index is 0.212. The molecule has 2 aromatic carbocycles. The molecule has 0 aliphatic heterocycles. The summed E-state index contributed by atoms with van der Waals surface area (Å²) in [5, 5.41) is 20.6. The second-order valence-electron chi connectivity index (χ2n) is 12.8. The van der Waals surface area contributed by atoms with Crippen molar-refractivity contribution in [1.29, 1.82) is 10.5 Å². The molecular formula is C38H40N8O4. The first kappa shape index (κ1) is 35.5. The summed E-state index contributed by atoms with van der Waals surface area (Å²) in [5.41, 5.74) is 17.8. The van der Waals surface area contributed by atoms with Gasteiger partial charge >= 0.3 is 0 Å². The van der Waals surface area contributed by atoms with Crippen molar-refractivity contribution >= 4 is 21.8 Å². The lowest BCUT2D eigenvalue weighted by atomic mass is 9.98. The van der Waals surface area contributed by atoms with Crippen LogP contribution in [0.2, 0.25) is 0 Å². The van der Waals surface area contributed by atoms with Crippen LogP contribution in [0.5, 0.6) is 11.5 Å². The van der Waals surface area contributed by atoms with Crippen LogP contribution in [-0.2, 0) is 0 Å². The molecule has 12 nitrogen and oxygen atoms in total. The Balaban J connectivity index is 0.000000194. The lowest BCUT2D eigenvalue weighted by Gasteiger charge is -2.16. The fourth-order valence-electron chi connectivity index (χ4n) is 5.79. The van der Waals surface area contributed by atoms with Gasteiger partial charge in [0.15, 0.2) is 24.3 Å². The van der Waals surface area contributed by atoms with Gasteiger partial charge in [-0.05, 0) is 48.9 Å². The average molecular weight is 673 g/mol. The van der Waals surface area contributed by atoms with E-state index in [1.54, 1.807) is 50.9 Å². The van der Waals surface area contributed by atoms with Crippen LogP contribution in [-0.4, -0.2) is 34.2 Å². The Morgan fingerprint density at radius 2 is 1.06 bits per heavy atom. The monoisotopic (exact) mass is 672 g/mol. The van der Waals surface area contributed by atoms with Gasteiger partial charge in [-0.2, -0.15) is 10.5 Å². The largest absolute Gasteiger partial charge is 0.496 e. The highest BCUT2D eigenvalue weighted by Crippen LogP contribution is 2.37. The summed E-state index contributed by atoms with van der Waals surface area (Å²) in [7, 11) is 3.17. The molecule has 0 spiro atoms. The zero-order valence-electron chi connectivity index (χ0n) is 29.0. The summed E-state index contributed by atoms with van der Waals surface area (Å²) in [6.07, 6.45) is 7.53. The molecule has 6 aromatic rings. The van der Waals surface area contributed by atoms with Crippen LogP contribution in [0.4, 0.5) is 0 Å². The lowest BCUT2D eigenvalue weighted by Crippen LogP contribution is -2.15. The van der Waals surface area contributed by atoms with Gasteiger partial charge in [0.25, 0.3) is 0 Å². The van der Waals surface area contributed by atoms with E-state index in [0.29, 0.717) is 68.4 Å². The molecule has 4 N–H and O–H groups in total. The molecule has 0 aliphatic carbocycles. The van der Waals surface area contributed by atoms with E-state index in [4.69, 9.17) is 29.8 Å². The van der Waals surface area contributed by atoms with Crippen molar-refractivity contribution in [1.82, 2.24) is 19.9 Å². The first-order chi connectivity index (χ1) is 24.1. The Kier molecular flexibility index (Phi) is 11.1. The second kappa shape index (κ2) is 15.6. The van der Waals surface area contributed by atoms with Crippen molar-refractivity contribution in [3.05, 3.63) is 84.1 Å². The zero-order chi connectivity index (χ0) is 35.9. The average Bonchev–Trinajstić information content (AvgIpc) is 3.85. The van der Waals surface area contributed by atoms with Gasteiger partial charge in [0.2, 0.25) is 0 Å². The minimum Gasteiger partial charge on any atom is -0.496 e. The number of oxazole rings is 2. The van der Waals surface area contributed by atoms with Gasteiger partial charge in [-0.15, -0.1) is 0 Å². The molecule has 2 atom stereocenters. The van der Waals surface area contributed by atoms with E-state index >= 15 is 0 Å². The van der Waals surface area contributed by atoms with Gasteiger partial charge in [0.05, 0.1) is 83.4 Å². The number of benzene rings is 2. The molecule has 50 heavy (non-hydrogen) atoms. The quantitative estimate of drug-likeness (QED) is 0.144. The lowest BCUT2D eigenvalue weighted by molar-refractivity contribution is 0.415. The molecule has 4 aromatic heterocycles. The van der Waals surface area contributed by atoms with Crippen LogP contribution in [0, 0.1) is 34.5 Å². The Labute approximate surface area is 290 Å². The molecule has 0 bridgehead atoms. The maximum absolute atomic E-state index is 9.59. The summed E-state index contributed by atoms with van der Waals surface area (Å²) in [6, 6.07) is 14.9. The van der Waals surface area contributed by atoms with Crippen molar-refractivity contribution < 1.29 is 18.3 Å². The molecule has 2 unspecified atom stereocenters. The molecule has 6 rings (SSSR count). The van der Waals surface area contributed by atoms with Crippen LogP contribution in [0.1, 0.15) is 75.1 Å². The van der Waals surface area contributed by atoms with E-state index in [-0.39, 0.29) is 12.1 Å². The summed E-state index contributed by atoms with van der Waals surface area (Å²) in [5.74, 6) is 3.25. The highest BCUT2D eigenvalue weighted by Gasteiger charge is 2.19. The van der Waals surface area contributed by atoms with E-state index in [1.807, 2.05) is 12.1 Å². The third-order valence-electron chi connectivity index (χ3n) is 8.15. The number of aromatic nitrogens is 4. The Morgan fingerprint density at radius 3 is 1.36 bits per heavy atom. The first-order valence-corrected chi connectivity index (χ1v) is 16.2. The molecule has 4 heterocycles. The van der Waals surface area contributed by atoms with Gasteiger partial charge in [-0.25, -0.2) is 9.97 Å².